The van der Waals surface area contributed by atoms with E-state index in [1.54, 1.807) is 12.1 Å². The van der Waals surface area contributed by atoms with Crippen LogP contribution in [0, 0.1) is 0 Å². The van der Waals surface area contributed by atoms with Gasteiger partial charge >= 0.3 is 0 Å². The lowest BCUT2D eigenvalue weighted by atomic mass is 10.2. The molecule has 1 amide bonds. The van der Waals surface area contributed by atoms with Gasteiger partial charge in [0.2, 0.25) is 5.22 Å². The minimum Gasteiger partial charge on any atom is -0.452 e. The molecule has 0 aliphatic heterocycles. The number of carbonyl (C=O) groups excluding carboxylic acids is 1. The summed E-state index contributed by atoms with van der Waals surface area (Å²) in [4.78, 5) is 11.7. The van der Waals surface area contributed by atoms with Crippen LogP contribution in [0.5, 0.6) is 0 Å². The number of hydrogen-bond acceptors (Lipinski definition) is 2. The van der Waals surface area contributed by atoms with Crippen molar-refractivity contribution in [2.75, 3.05) is 0 Å². The van der Waals surface area contributed by atoms with E-state index in [4.69, 9.17) is 27.6 Å². The van der Waals surface area contributed by atoms with E-state index in [1.807, 2.05) is 12.1 Å². The topological polar surface area (TPSA) is 42.2 Å². The second-order valence-corrected chi connectivity index (χ2v) is 4.20. The lowest BCUT2D eigenvalue weighted by Gasteiger charge is -2.04. The first-order valence-electron chi connectivity index (χ1n) is 4.92. The molecule has 0 unspecified atom stereocenters. The van der Waals surface area contributed by atoms with E-state index < -0.39 is 0 Å². The van der Waals surface area contributed by atoms with Crippen molar-refractivity contribution < 1.29 is 9.21 Å². The molecule has 2 aromatic rings. The normalized spacial score (nSPS) is 10.2. The second kappa shape index (κ2) is 5.25. The lowest BCUT2D eigenvalue weighted by Crippen LogP contribution is -2.22. The summed E-state index contributed by atoms with van der Waals surface area (Å²) in [5, 5.41) is 3.50. The van der Waals surface area contributed by atoms with Crippen LogP contribution in [0.1, 0.15) is 15.9 Å². The first-order chi connectivity index (χ1) is 8.16. The Morgan fingerprint density at radius 3 is 2.47 bits per heavy atom. The number of halogens is 2. The van der Waals surface area contributed by atoms with Gasteiger partial charge in [-0.3, -0.25) is 4.79 Å². The second-order valence-electron chi connectivity index (χ2n) is 3.42. The standard InChI is InChI=1S/C12H9Cl2NO2/c13-9-3-1-8(2-4-9)7-15-12(16)10-5-6-17-11(10)14/h1-6H,7H2,(H,15,16). The molecule has 3 nitrogen and oxygen atoms in total. The smallest absolute Gasteiger partial charge is 0.256 e. The molecular formula is C12H9Cl2NO2. The summed E-state index contributed by atoms with van der Waals surface area (Å²) in [6.07, 6.45) is 1.37. The summed E-state index contributed by atoms with van der Waals surface area (Å²) in [5.74, 6) is -0.265. The first-order valence-corrected chi connectivity index (χ1v) is 5.68. The molecule has 5 heteroatoms. The van der Waals surface area contributed by atoms with E-state index >= 15 is 0 Å². The minimum atomic E-state index is -0.265. The fourth-order valence-electron chi connectivity index (χ4n) is 1.34. The Bertz CT molecular complexity index is 520. The zero-order valence-electron chi connectivity index (χ0n) is 8.74. The zero-order chi connectivity index (χ0) is 12.3. The molecule has 0 fully saturated rings. The summed E-state index contributed by atoms with van der Waals surface area (Å²) < 4.78 is 4.84. The fraction of sp³-hybridized carbons (Fsp3) is 0.0833. The van der Waals surface area contributed by atoms with Crippen molar-refractivity contribution in [2.45, 2.75) is 6.54 Å². The number of rotatable bonds is 3. The van der Waals surface area contributed by atoms with Crippen LogP contribution in [-0.2, 0) is 6.54 Å². The minimum absolute atomic E-state index is 0.0959. The average Bonchev–Trinajstić information content (AvgIpc) is 2.74. The average molecular weight is 270 g/mol. The molecule has 1 aromatic heterocycles. The summed E-state index contributed by atoms with van der Waals surface area (Å²) in [7, 11) is 0. The van der Waals surface area contributed by atoms with Gasteiger partial charge in [0.15, 0.2) is 0 Å². The lowest BCUT2D eigenvalue weighted by molar-refractivity contribution is 0.0950. The van der Waals surface area contributed by atoms with Gasteiger partial charge in [-0.15, -0.1) is 0 Å². The highest BCUT2D eigenvalue weighted by molar-refractivity contribution is 6.32. The van der Waals surface area contributed by atoms with Crippen LogP contribution in [0.25, 0.3) is 0 Å². The van der Waals surface area contributed by atoms with E-state index in [0.29, 0.717) is 17.1 Å². The maximum absolute atomic E-state index is 11.7. The number of furan rings is 1. The van der Waals surface area contributed by atoms with Crippen molar-refractivity contribution in [1.29, 1.82) is 0 Å². The third-order valence-electron chi connectivity index (χ3n) is 2.23. The molecule has 0 aliphatic carbocycles. The van der Waals surface area contributed by atoms with E-state index in [-0.39, 0.29) is 11.1 Å². The van der Waals surface area contributed by atoms with Gasteiger partial charge in [-0.05, 0) is 35.4 Å². The molecule has 1 aromatic carbocycles. The molecule has 0 aliphatic rings. The Balaban J connectivity index is 1.97. The van der Waals surface area contributed by atoms with Crippen LogP contribution in [0.3, 0.4) is 0 Å². The van der Waals surface area contributed by atoms with Crippen LogP contribution in [0.4, 0.5) is 0 Å². The highest BCUT2D eigenvalue weighted by Crippen LogP contribution is 2.16. The van der Waals surface area contributed by atoms with Gasteiger partial charge < -0.3 is 9.73 Å². The molecule has 88 valence electrons. The van der Waals surface area contributed by atoms with E-state index in [2.05, 4.69) is 5.32 Å². The van der Waals surface area contributed by atoms with Crippen molar-refractivity contribution in [2.24, 2.45) is 0 Å². The van der Waals surface area contributed by atoms with Crippen molar-refractivity contribution in [3.05, 3.63) is 58.0 Å². The fourth-order valence-corrected chi connectivity index (χ4v) is 1.66. The Kier molecular flexibility index (Phi) is 3.71. The number of hydrogen-bond donors (Lipinski definition) is 1. The monoisotopic (exact) mass is 269 g/mol. The molecular weight excluding hydrogens is 261 g/mol. The van der Waals surface area contributed by atoms with Gasteiger partial charge in [-0.25, -0.2) is 0 Å². The van der Waals surface area contributed by atoms with Crippen LogP contribution in [-0.4, -0.2) is 5.91 Å². The highest BCUT2D eigenvalue weighted by Gasteiger charge is 2.12. The summed E-state index contributed by atoms with van der Waals surface area (Å²) in [6.45, 7) is 0.414. The zero-order valence-corrected chi connectivity index (χ0v) is 10.3. The third-order valence-corrected chi connectivity index (χ3v) is 2.77. The third kappa shape index (κ3) is 3.02. The molecule has 0 radical (unpaired) electrons. The van der Waals surface area contributed by atoms with Gasteiger partial charge in [0.05, 0.1) is 11.8 Å². The quantitative estimate of drug-likeness (QED) is 0.927. The van der Waals surface area contributed by atoms with Crippen molar-refractivity contribution in [3.63, 3.8) is 0 Å². The van der Waals surface area contributed by atoms with Gasteiger partial charge in [0.1, 0.15) is 0 Å². The Hall–Kier alpha value is -1.45. The largest absolute Gasteiger partial charge is 0.452 e. The van der Waals surface area contributed by atoms with Gasteiger partial charge in [0, 0.05) is 11.6 Å². The number of benzene rings is 1. The Morgan fingerprint density at radius 1 is 1.18 bits per heavy atom. The predicted molar refractivity (Wildman–Crippen MR) is 66.3 cm³/mol. The van der Waals surface area contributed by atoms with E-state index in [0.717, 1.165) is 5.56 Å². The SMILES string of the molecule is O=C(NCc1ccc(Cl)cc1)c1ccoc1Cl. The molecule has 1 N–H and O–H groups in total. The Morgan fingerprint density at radius 2 is 1.88 bits per heavy atom. The summed E-state index contributed by atoms with van der Waals surface area (Å²) in [5.41, 5.74) is 1.29. The summed E-state index contributed by atoms with van der Waals surface area (Å²) >= 11 is 11.5. The first kappa shape index (κ1) is 12.0. The number of amides is 1. The molecule has 1 heterocycles. The number of nitrogens with one attached hydrogen (secondary N) is 1. The van der Waals surface area contributed by atoms with Crippen molar-refractivity contribution in [3.8, 4) is 0 Å². The predicted octanol–water partition coefficient (Wildman–Crippen LogP) is 3.52. The highest BCUT2D eigenvalue weighted by atomic mass is 35.5. The van der Waals surface area contributed by atoms with Gasteiger partial charge in [0.25, 0.3) is 5.91 Å². The van der Waals surface area contributed by atoms with Gasteiger partial charge in [-0.2, -0.15) is 0 Å². The maximum Gasteiger partial charge on any atom is 0.256 e. The molecule has 0 bridgehead atoms. The molecule has 0 atom stereocenters. The maximum atomic E-state index is 11.7. The van der Waals surface area contributed by atoms with Crippen LogP contribution >= 0.6 is 23.2 Å². The molecule has 0 saturated carbocycles. The molecule has 2 rings (SSSR count). The Labute approximate surface area is 108 Å². The van der Waals surface area contributed by atoms with E-state index in [9.17, 15) is 4.79 Å². The molecule has 17 heavy (non-hydrogen) atoms. The molecule has 0 spiro atoms. The van der Waals surface area contributed by atoms with Crippen LogP contribution in [0.2, 0.25) is 10.2 Å². The summed E-state index contributed by atoms with van der Waals surface area (Å²) in [6, 6.07) is 8.76. The van der Waals surface area contributed by atoms with Crippen molar-refractivity contribution in [1.82, 2.24) is 5.32 Å². The van der Waals surface area contributed by atoms with E-state index in [1.165, 1.54) is 12.3 Å². The van der Waals surface area contributed by atoms with Crippen LogP contribution < -0.4 is 5.32 Å². The number of carbonyl (C=O) groups is 1. The van der Waals surface area contributed by atoms with Crippen LogP contribution in [0.15, 0.2) is 41.0 Å². The van der Waals surface area contributed by atoms with Crippen molar-refractivity contribution >= 4 is 29.1 Å². The molecule has 0 saturated heterocycles. The van der Waals surface area contributed by atoms with Gasteiger partial charge in [-0.1, -0.05) is 23.7 Å².